The van der Waals surface area contributed by atoms with Crippen LogP contribution in [-0.2, 0) is 16.6 Å². The number of aromatic nitrogens is 2. The molecule has 1 aliphatic heterocycles. The molecule has 8 nitrogen and oxygen atoms in total. The first-order valence-corrected chi connectivity index (χ1v) is 16.4. The number of hydrogen-bond acceptors (Lipinski definition) is 5. The van der Waals surface area contributed by atoms with Crippen LogP contribution < -0.4 is 9.62 Å². The van der Waals surface area contributed by atoms with Gasteiger partial charge in [0.15, 0.2) is 0 Å². The molecule has 1 aliphatic rings. The highest BCUT2D eigenvalue weighted by Gasteiger charge is 2.29. The first-order chi connectivity index (χ1) is 21.5. The number of pyridine rings is 1. The maximum Gasteiger partial charge on any atom is 0.255 e. The zero-order valence-electron chi connectivity index (χ0n) is 25.5. The molecular weight excluding hydrogens is 591 g/mol. The van der Waals surface area contributed by atoms with Gasteiger partial charge >= 0.3 is 0 Å². The number of aryl methyl sites for hydroxylation is 1. The number of carbonyl (C=O) groups is 1. The number of benzene rings is 3. The summed E-state index contributed by atoms with van der Waals surface area (Å²) in [6, 6.07) is 19.9. The van der Waals surface area contributed by atoms with Crippen LogP contribution in [0.2, 0.25) is 0 Å². The number of halogens is 1. The van der Waals surface area contributed by atoms with Crippen LogP contribution in [0, 0.1) is 12.7 Å². The van der Waals surface area contributed by atoms with Crippen molar-refractivity contribution >= 4 is 43.5 Å². The molecular formula is C35H31FN4O4S. The van der Waals surface area contributed by atoms with Crippen molar-refractivity contribution < 1.29 is 22.0 Å². The first kappa shape index (κ1) is 28.8. The van der Waals surface area contributed by atoms with Crippen molar-refractivity contribution in [3.05, 3.63) is 95.4 Å². The average molecular weight is 623 g/mol. The van der Waals surface area contributed by atoms with E-state index < -0.39 is 10.0 Å². The number of nitrogens with one attached hydrogen (secondary N) is 1. The highest BCUT2D eigenvalue weighted by atomic mass is 32.2. The molecule has 3 aromatic carbocycles. The third-order valence-corrected chi connectivity index (χ3v) is 9.97. The van der Waals surface area contributed by atoms with Crippen LogP contribution in [0.15, 0.2) is 77.3 Å². The van der Waals surface area contributed by atoms with Crippen LogP contribution >= 0.6 is 0 Å². The van der Waals surface area contributed by atoms with Crippen LogP contribution in [0.5, 0.6) is 0 Å². The van der Waals surface area contributed by atoms with E-state index in [2.05, 4.69) is 16.8 Å². The Morgan fingerprint density at radius 2 is 1.82 bits per heavy atom. The topological polar surface area (TPSA) is 97.4 Å². The van der Waals surface area contributed by atoms with E-state index in [4.69, 9.17) is 9.40 Å². The number of sulfonamides is 1. The molecule has 0 saturated heterocycles. The zero-order chi connectivity index (χ0) is 31.8. The molecule has 0 spiro atoms. The first-order valence-electron chi connectivity index (χ1n) is 14.6. The molecule has 0 bridgehead atoms. The van der Waals surface area contributed by atoms with E-state index in [-0.39, 0.29) is 17.6 Å². The number of rotatable bonds is 5. The van der Waals surface area contributed by atoms with Crippen molar-refractivity contribution in [2.45, 2.75) is 26.3 Å². The monoisotopic (exact) mass is 622 g/mol. The second-order valence-electron chi connectivity index (χ2n) is 11.7. The van der Waals surface area contributed by atoms with E-state index in [9.17, 15) is 17.6 Å². The van der Waals surface area contributed by atoms with Gasteiger partial charge in [0.25, 0.3) is 5.91 Å². The third-order valence-electron chi connectivity index (χ3n) is 8.78. The van der Waals surface area contributed by atoms with Crippen molar-refractivity contribution in [2.24, 2.45) is 0 Å². The van der Waals surface area contributed by atoms with Gasteiger partial charge in [-0.15, -0.1) is 0 Å². The Morgan fingerprint density at radius 1 is 1.07 bits per heavy atom. The number of fused-ring (bicyclic) bond motifs is 6. The van der Waals surface area contributed by atoms with Gasteiger partial charge in [-0.3, -0.25) is 14.1 Å². The summed E-state index contributed by atoms with van der Waals surface area (Å²) in [4.78, 5) is 18.1. The van der Waals surface area contributed by atoms with Crippen LogP contribution in [0.25, 0.3) is 55.7 Å². The Morgan fingerprint density at radius 3 is 2.53 bits per heavy atom. The Bertz CT molecular complexity index is 2290. The van der Waals surface area contributed by atoms with Gasteiger partial charge < -0.3 is 14.3 Å². The summed E-state index contributed by atoms with van der Waals surface area (Å²) >= 11 is 0. The number of hydrogen-bond donors (Lipinski definition) is 1. The fourth-order valence-corrected chi connectivity index (χ4v) is 6.81. The van der Waals surface area contributed by atoms with E-state index in [1.165, 1.54) is 17.4 Å². The minimum atomic E-state index is -3.69. The molecule has 0 radical (unpaired) electrons. The van der Waals surface area contributed by atoms with Gasteiger partial charge in [0.1, 0.15) is 17.2 Å². The number of carbonyl (C=O) groups excluding carboxylic acids is 1. The van der Waals surface area contributed by atoms with Crippen molar-refractivity contribution in [2.75, 3.05) is 24.7 Å². The maximum absolute atomic E-state index is 14.8. The summed E-state index contributed by atoms with van der Waals surface area (Å²) in [6.07, 6.45) is 2.94. The summed E-state index contributed by atoms with van der Waals surface area (Å²) in [5.41, 5.74) is 7.43. The lowest BCUT2D eigenvalue weighted by Crippen LogP contribution is -2.25. The molecule has 1 unspecified atom stereocenters. The normalized spacial score (nSPS) is 14.4. The maximum atomic E-state index is 14.8. The van der Waals surface area contributed by atoms with Gasteiger partial charge in [-0.2, -0.15) is 0 Å². The minimum absolute atomic E-state index is 0.111. The molecule has 0 aliphatic carbocycles. The fraction of sp³-hybridized carbons (Fsp3) is 0.200. The molecule has 4 heterocycles. The van der Waals surface area contributed by atoms with Crippen molar-refractivity contribution in [3.63, 3.8) is 0 Å². The molecule has 3 aromatic heterocycles. The van der Waals surface area contributed by atoms with Gasteiger partial charge in [-0.1, -0.05) is 42.8 Å². The molecule has 1 atom stereocenters. The molecule has 0 saturated carbocycles. The SMILES string of the molecule is CNC(=O)c1c(-c2ccc(C)cc2)oc2cc(N(C)S(C)(=O)=O)c(-c3cc4c(cn3)C(C)Cn3c-4cc4c(F)cccc43)cc12. The van der Waals surface area contributed by atoms with E-state index in [1.54, 1.807) is 25.2 Å². The van der Waals surface area contributed by atoms with Gasteiger partial charge in [-0.05, 0) is 42.8 Å². The Kier molecular flexibility index (Phi) is 6.59. The fourth-order valence-electron chi connectivity index (χ4n) is 6.30. The molecule has 1 amide bonds. The number of anilines is 1. The van der Waals surface area contributed by atoms with Crippen molar-refractivity contribution in [3.8, 4) is 33.8 Å². The van der Waals surface area contributed by atoms with E-state index in [1.807, 2.05) is 55.6 Å². The van der Waals surface area contributed by atoms with Crippen LogP contribution in [-0.4, -0.2) is 44.2 Å². The van der Waals surface area contributed by atoms with E-state index in [0.29, 0.717) is 51.2 Å². The lowest BCUT2D eigenvalue weighted by atomic mass is 9.90. The van der Waals surface area contributed by atoms with Gasteiger partial charge in [0.2, 0.25) is 10.0 Å². The van der Waals surface area contributed by atoms with Crippen molar-refractivity contribution in [1.29, 1.82) is 0 Å². The average Bonchev–Trinajstić information content (AvgIpc) is 3.59. The lowest BCUT2D eigenvalue weighted by molar-refractivity contribution is 0.0964. The number of nitrogens with zero attached hydrogens (tertiary/aromatic N) is 3. The van der Waals surface area contributed by atoms with E-state index >= 15 is 0 Å². The van der Waals surface area contributed by atoms with Gasteiger partial charge in [0.05, 0.1) is 28.7 Å². The van der Waals surface area contributed by atoms with Crippen LogP contribution in [0.4, 0.5) is 10.1 Å². The van der Waals surface area contributed by atoms with Gasteiger partial charge in [0, 0.05) is 72.0 Å². The Hall–Kier alpha value is -4.96. The third kappa shape index (κ3) is 4.59. The smallest absolute Gasteiger partial charge is 0.255 e. The quantitative estimate of drug-likeness (QED) is 0.221. The molecule has 45 heavy (non-hydrogen) atoms. The standard InChI is InChI=1S/C35H31FN4O4S/c1-19-9-11-21(12-10-19)34-33(35(41)37-3)25-13-24(30(16-32(25)44-34)39(4)45(5,42)43)28-14-22-26(17-38-28)20(2)18-40-29-8-6-7-27(36)23(29)15-31(22)40/h6-17,20H,18H2,1-5H3,(H,37,41). The summed E-state index contributed by atoms with van der Waals surface area (Å²) in [7, 11) is -0.661. The summed E-state index contributed by atoms with van der Waals surface area (Å²) in [5.74, 6) is -0.127. The van der Waals surface area contributed by atoms with Crippen LogP contribution in [0.3, 0.4) is 0 Å². The van der Waals surface area contributed by atoms with Crippen LogP contribution in [0.1, 0.15) is 34.3 Å². The second-order valence-corrected chi connectivity index (χ2v) is 13.7. The molecule has 6 aromatic rings. The predicted molar refractivity (Wildman–Crippen MR) is 176 cm³/mol. The Labute approximate surface area is 260 Å². The van der Waals surface area contributed by atoms with Crippen molar-refractivity contribution in [1.82, 2.24) is 14.9 Å². The summed E-state index contributed by atoms with van der Waals surface area (Å²) < 4.78 is 50.2. The Balaban J connectivity index is 1.51. The molecule has 1 N–H and O–H groups in total. The second kappa shape index (κ2) is 10.3. The summed E-state index contributed by atoms with van der Waals surface area (Å²) in [6.45, 7) is 4.76. The number of furan rings is 1. The molecule has 0 fully saturated rings. The molecule has 10 heteroatoms. The molecule has 228 valence electrons. The largest absolute Gasteiger partial charge is 0.455 e. The minimum Gasteiger partial charge on any atom is -0.455 e. The highest BCUT2D eigenvalue weighted by Crippen LogP contribution is 2.44. The summed E-state index contributed by atoms with van der Waals surface area (Å²) in [5, 5.41) is 3.79. The van der Waals surface area contributed by atoms with E-state index in [0.717, 1.165) is 39.7 Å². The highest BCUT2D eigenvalue weighted by molar-refractivity contribution is 7.92. The zero-order valence-corrected chi connectivity index (χ0v) is 26.3. The van der Waals surface area contributed by atoms with Gasteiger partial charge in [-0.25, -0.2) is 12.8 Å². The lowest BCUT2D eigenvalue weighted by Gasteiger charge is -2.26. The predicted octanol–water partition coefficient (Wildman–Crippen LogP) is 7.10. The molecule has 7 rings (SSSR count). The number of amides is 1.